The molecule has 0 aromatic heterocycles. The zero-order valence-corrected chi connectivity index (χ0v) is 20.4. The summed E-state index contributed by atoms with van der Waals surface area (Å²) in [6.45, 7) is 6.64. The normalized spacial score (nSPS) is 14.8. The first-order valence-electron chi connectivity index (χ1n) is 10.2. The summed E-state index contributed by atoms with van der Waals surface area (Å²) in [6.07, 6.45) is 1.10. The number of hydrogen-bond donors (Lipinski definition) is 2. The van der Waals surface area contributed by atoms with Crippen molar-refractivity contribution in [2.75, 3.05) is 40.3 Å². The second kappa shape index (κ2) is 12.6. The van der Waals surface area contributed by atoms with Crippen LogP contribution in [0.1, 0.15) is 18.1 Å². The SMILES string of the molecule is CN=C(NCCN1CCc2ccccc2C1)NCC(C)Oc1ccccc1OC.I. The van der Waals surface area contributed by atoms with E-state index in [-0.39, 0.29) is 30.1 Å². The number of nitrogens with zero attached hydrogens (tertiary/aromatic N) is 2. The average Bonchev–Trinajstić information content (AvgIpc) is 2.76. The topological polar surface area (TPSA) is 58.1 Å². The summed E-state index contributed by atoms with van der Waals surface area (Å²) < 4.78 is 11.3. The van der Waals surface area contributed by atoms with Crippen molar-refractivity contribution in [2.45, 2.75) is 26.0 Å². The van der Waals surface area contributed by atoms with E-state index >= 15 is 0 Å². The van der Waals surface area contributed by atoms with Crippen LogP contribution in [0.2, 0.25) is 0 Å². The number of guanidine groups is 1. The zero-order valence-electron chi connectivity index (χ0n) is 18.1. The predicted octanol–water partition coefficient (Wildman–Crippen LogP) is 3.30. The van der Waals surface area contributed by atoms with Crippen LogP contribution in [0.25, 0.3) is 0 Å². The number of aliphatic imine (C=N–C) groups is 1. The van der Waals surface area contributed by atoms with Gasteiger partial charge in [0.25, 0.3) is 0 Å². The van der Waals surface area contributed by atoms with Crippen LogP contribution in [0.4, 0.5) is 0 Å². The Morgan fingerprint density at radius 3 is 2.50 bits per heavy atom. The molecular weight excluding hydrogens is 491 g/mol. The number of methoxy groups -OCH3 is 1. The van der Waals surface area contributed by atoms with Crippen molar-refractivity contribution in [2.24, 2.45) is 4.99 Å². The van der Waals surface area contributed by atoms with E-state index in [0.717, 1.165) is 50.1 Å². The first-order chi connectivity index (χ1) is 14.2. The molecule has 6 nitrogen and oxygen atoms in total. The average molecular weight is 524 g/mol. The molecule has 0 saturated carbocycles. The maximum absolute atomic E-state index is 5.99. The van der Waals surface area contributed by atoms with Crippen LogP contribution in [-0.2, 0) is 13.0 Å². The Bertz CT molecular complexity index is 815. The van der Waals surface area contributed by atoms with Crippen molar-refractivity contribution >= 4 is 29.9 Å². The first-order valence-corrected chi connectivity index (χ1v) is 10.2. The Labute approximate surface area is 197 Å². The van der Waals surface area contributed by atoms with Crippen LogP contribution >= 0.6 is 24.0 Å². The van der Waals surface area contributed by atoms with Gasteiger partial charge in [0.05, 0.1) is 13.7 Å². The maximum atomic E-state index is 5.99. The standard InChI is InChI=1S/C23H32N4O2.HI/c1-18(29-22-11-7-6-10-21(22)28-3)16-26-23(24-2)25-13-15-27-14-12-19-8-4-5-9-20(19)17-27;/h4-11,18H,12-17H2,1-3H3,(H2,24,25,26);1H. The molecule has 0 aliphatic carbocycles. The molecule has 164 valence electrons. The molecule has 0 radical (unpaired) electrons. The highest BCUT2D eigenvalue weighted by molar-refractivity contribution is 14.0. The van der Waals surface area contributed by atoms with Gasteiger partial charge in [-0.25, -0.2) is 0 Å². The van der Waals surface area contributed by atoms with Crippen molar-refractivity contribution in [3.05, 3.63) is 59.7 Å². The van der Waals surface area contributed by atoms with Gasteiger partial charge in [0.2, 0.25) is 0 Å². The van der Waals surface area contributed by atoms with Crippen molar-refractivity contribution in [3.63, 3.8) is 0 Å². The number of hydrogen-bond acceptors (Lipinski definition) is 4. The number of para-hydroxylation sites is 2. The highest BCUT2D eigenvalue weighted by Crippen LogP contribution is 2.26. The molecule has 2 aromatic carbocycles. The third kappa shape index (κ3) is 7.05. The minimum absolute atomic E-state index is 0. The molecule has 3 rings (SSSR count). The number of benzene rings is 2. The molecule has 1 atom stereocenters. The Balaban J connectivity index is 0.00000320. The van der Waals surface area contributed by atoms with Crippen molar-refractivity contribution in [3.8, 4) is 11.5 Å². The number of fused-ring (bicyclic) bond motifs is 1. The van der Waals surface area contributed by atoms with Crippen LogP contribution in [0, 0.1) is 0 Å². The van der Waals surface area contributed by atoms with Gasteiger partial charge in [-0.05, 0) is 36.6 Å². The van der Waals surface area contributed by atoms with E-state index in [0.29, 0.717) is 6.54 Å². The van der Waals surface area contributed by atoms with Gasteiger partial charge in [-0.2, -0.15) is 0 Å². The summed E-state index contributed by atoms with van der Waals surface area (Å²) >= 11 is 0. The maximum Gasteiger partial charge on any atom is 0.191 e. The molecule has 2 aromatic rings. The summed E-state index contributed by atoms with van der Waals surface area (Å²) in [6, 6.07) is 16.4. The molecular formula is C23H33IN4O2. The number of halogens is 1. The second-order valence-corrected chi connectivity index (χ2v) is 7.25. The minimum atomic E-state index is -0.0246. The molecule has 0 spiro atoms. The van der Waals surface area contributed by atoms with Gasteiger partial charge in [-0.3, -0.25) is 9.89 Å². The van der Waals surface area contributed by atoms with Gasteiger partial charge in [0, 0.05) is 33.2 Å². The summed E-state index contributed by atoms with van der Waals surface area (Å²) in [7, 11) is 3.44. The third-order valence-electron chi connectivity index (χ3n) is 5.11. The summed E-state index contributed by atoms with van der Waals surface area (Å²) in [4.78, 5) is 6.80. The molecule has 30 heavy (non-hydrogen) atoms. The number of nitrogens with one attached hydrogen (secondary N) is 2. The molecule has 1 aliphatic rings. The lowest BCUT2D eigenvalue weighted by Gasteiger charge is -2.29. The molecule has 0 amide bonds. The van der Waals surface area contributed by atoms with E-state index < -0.39 is 0 Å². The zero-order chi connectivity index (χ0) is 20.5. The Kier molecular flexibility index (Phi) is 10.2. The Morgan fingerprint density at radius 1 is 1.07 bits per heavy atom. The van der Waals surface area contributed by atoms with Crippen molar-refractivity contribution in [1.82, 2.24) is 15.5 Å². The van der Waals surface area contributed by atoms with E-state index in [4.69, 9.17) is 9.47 Å². The molecule has 0 bridgehead atoms. The fourth-order valence-corrected chi connectivity index (χ4v) is 3.51. The minimum Gasteiger partial charge on any atom is -0.493 e. The predicted molar refractivity (Wildman–Crippen MR) is 133 cm³/mol. The van der Waals surface area contributed by atoms with Gasteiger partial charge < -0.3 is 20.1 Å². The summed E-state index contributed by atoms with van der Waals surface area (Å²) in [5.74, 6) is 2.28. The van der Waals surface area contributed by atoms with Gasteiger partial charge >= 0.3 is 0 Å². The largest absolute Gasteiger partial charge is 0.493 e. The second-order valence-electron chi connectivity index (χ2n) is 7.25. The molecule has 2 N–H and O–H groups in total. The number of ether oxygens (including phenoxy) is 2. The van der Waals surface area contributed by atoms with Crippen LogP contribution < -0.4 is 20.1 Å². The van der Waals surface area contributed by atoms with Gasteiger partial charge in [0.1, 0.15) is 6.10 Å². The quantitative estimate of drug-likeness (QED) is 0.316. The van der Waals surface area contributed by atoms with Crippen LogP contribution in [0.5, 0.6) is 11.5 Å². The first kappa shape index (κ1) is 24.3. The van der Waals surface area contributed by atoms with E-state index in [1.165, 1.54) is 11.1 Å². The van der Waals surface area contributed by atoms with Crippen molar-refractivity contribution in [1.29, 1.82) is 0 Å². The summed E-state index contributed by atoms with van der Waals surface area (Å²) in [5.41, 5.74) is 2.93. The molecule has 0 fully saturated rings. The lowest BCUT2D eigenvalue weighted by Crippen LogP contribution is -2.45. The highest BCUT2D eigenvalue weighted by atomic mass is 127. The fraction of sp³-hybridized carbons (Fsp3) is 0.435. The van der Waals surface area contributed by atoms with Crippen LogP contribution in [0.3, 0.4) is 0 Å². The molecule has 0 saturated heterocycles. The molecule has 1 unspecified atom stereocenters. The van der Waals surface area contributed by atoms with Gasteiger partial charge in [0.15, 0.2) is 17.5 Å². The monoisotopic (exact) mass is 524 g/mol. The van der Waals surface area contributed by atoms with E-state index in [2.05, 4.69) is 44.8 Å². The van der Waals surface area contributed by atoms with E-state index in [9.17, 15) is 0 Å². The Hall–Kier alpha value is -2.00. The fourth-order valence-electron chi connectivity index (χ4n) is 3.51. The number of rotatable bonds is 8. The van der Waals surface area contributed by atoms with E-state index in [1.54, 1.807) is 14.2 Å². The molecule has 1 aliphatic heterocycles. The third-order valence-corrected chi connectivity index (χ3v) is 5.11. The van der Waals surface area contributed by atoms with Crippen LogP contribution in [0.15, 0.2) is 53.5 Å². The van der Waals surface area contributed by atoms with E-state index in [1.807, 2.05) is 31.2 Å². The molecule has 1 heterocycles. The highest BCUT2D eigenvalue weighted by Gasteiger charge is 2.15. The van der Waals surface area contributed by atoms with Crippen molar-refractivity contribution < 1.29 is 9.47 Å². The summed E-state index contributed by atoms with van der Waals surface area (Å²) in [5, 5.41) is 6.73. The van der Waals surface area contributed by atoms with Gasteiger partial charge in [-0.1, -0.05) is 36.4 Å². The van der Waals surface area contributed by atoms with Crippen LogP contribution in [-0.4, -0.2) is 57.3 Å². The lowest BCUT2D eigenvalue weighted by molar-refractivity contribution is 0.213. The molecule has 7 heteroatoms. The smallest absolute Gasteiger partial charge is 0.191 e. The lowest BCUT2D eigenvalue weighted by atomic mass is 10.00. The van der Waals surface area contributed by atoms with Gasteiger partial charge in [-0.15, -0.1) is 24.0 Å². The Morgan fingerprint density at radius 2 is 1.77 bits per heavy atom.